The summed E-state index contributed by atoms with van der Waals surface area (Å²) in [7, 11) is 0. The molecule has 33 heavy (non-hydrogen) atoms. The first kappa shape index (κ1) is 23.8. The Morgan fingerprint density at radius 2 is 1.97 bits per heavy atom. The molecule has 1 fully saturated rings. The van der Waals surface area contributed by atoms with Crippen LogP contribution in [0.3, 0.4) is 0 Å². The van der Waals surface area contributed by atoms with Crippen molar-refractivity contribution in [2.24, 2.45) is 5.92 Å². The number of rotatable bonds is 9. The molecule has 0 amide bonds. The van der Waals surface area contributed by atoms with Gasteiger partial charge in [-0.15, -0.1) is 11.3 Å². The Balaban J connectivity index is 1.64. The molecule has 0 saturated carbocycles. The average molecular weight is 530 g/mol. The van der Waals surface area contributed by atoms with E-state index in [1.807, 2.05) is 55.5 Å². The van der Waals surface area contributed by atoms with E-state index in [2.05, 4.69) is 33.0 Å². The molecule has 5 nitrogen and oxygen atoms in total. The molecule has 2 unspecified atom stereocenters. The van der Waals surface area contributed by atoms with Gasteiger partial charge in [0.05, 0.1) is 22.4 Å². The first-order valence-corrected chi connectivity index (χ1v) is 12.8. The van der Waals surface area contributed by atoms with Crippen molar-refractivity contribution in [1.82, 2.24) is 4.90 Å². The zero-order valence-electron chi connectivity index (χ0n) is 18.6. The number of nitrogens with zero attached hydrogens (tertiary/aromatic N) is 1. The molecule has 1 aliphatic rings. The van der Waals surface area contributed by atoms with Crippen LogP contribution in [0.5, 0.6) is 11.5 Å². The number of benzene rings is 2. The molecule has 4 rings (SSSR count). The second-order valence-corrected chi connectivity index (χ2v) is 10.6. The topological polar surface area (TPSA) is 59.0 Å². The number of ether oxygens (including phenoxy) is 2. The van der Waals surface area contributed by atoms with E-state index in [4.69, 9.17) is 9.47 Å². The predicted octanol–water partition coefficient (Wildman–Crippen LogP) is 6.37. The van der Waals surface area contributed by atoms with Crippen LogP contribution in [0.4, 0.5) is 0 Å². The van der Waals surface area contributed by atoms with E-state index in [0.717, 1.165) is 34.3 Å². The molecule has 1 N–H and O–H groups in total. The standard InChI is InChI=1S/C26H28BrNO4S/c1-2-31-22-15-19(10-11-21(22)32-17-18-7-4-3-5-8-18)25(23-12-13-24(27)33-23)28-14-6-9-20(16-28)26(29)30/h3-5,7-8,10-13,15,20,25H,2,6,9,14,16-17H2,1H3,(H,29,30). The van der Waals surface area contributed by atoms with Crippen molar-refractivity contribution in [3.63, 3.8) is 0 Å². The first-order chi connectivity index (χ1) is 16.0. The maximum absolute atomic E-state index is 11.7. The highest BCUT2D eigenvalue weighted by molar-refractivity contribution is 9.11. The van der Waals surface area contributed by atoms with E-state index < -0.39 is 5.97 Å². The lowest BCUT2D eigenvalue weighted by Gasteiger charge is -2.37. The van der Waals surface area contributed by atoms with Gasteiger partial charge in [0.1, 0.15) is 6.61 Å². The van der Waals surface area contributed by atoms with Crippen molar-refractivity contribution in [2.75, 3.05) is 19.7 Å². The summed E-state index contributed by atoms with van der Waals surface area (Å²) in [6.45, 7) is 4.36. The Morgan fingerprint density at radius 1 is 1.15 bits per heavy atom. The van der Waals surface area contributed by atoms with Crippen molar-refractivity contribution in [3.05, 3.63) is 80.5 Å². The molecule has 0 bridgehead atoms. The van der Waals surface area contributed by atoms with Crippen molar-refractivity contribution in [1.29, 1.82) is 0 Å². The molecule has 2 atom stereocenters. The Kier molecular flexibility index (Phi) is 8.06. The highest BCUT2D eigenvalue weighted by Gasteiger charge is 2.32. The lowest BCUT2D eigenvalue weighted by Crippen LogP contribution is -2.41. The van der Waals surface area contributed by atoms with E-state index in [9.17, 15) is 9.90 Å². The molecule has 2 heterocycles. The van der Waals surface area contributed by atoms with Gasteiger partial charge < -0.3 is 14.6 Å². The number of carbonyl (C=O) groups is 1. The Hall–Kier alpha value is -2.35. The number of likely N-dealkylation sites (tertiary alicyclic amines) is 1. The van der Waals surface area contributed by atoms with E-state index in [1.165, 1.54) is 4.88 Å². The molecule has 0 radical (unpaired) electrons. The Bertz CT molecular complexity index is 1070. The van der Waals surface area contributed by atoms with Crippen LogP contribution in [0.1, 0.15) is 41.8 Å². The van der Waals surface area contributed by atoms with Crippen LogP contribution in [0.2, 0.25) is 0 Å². The van der Waals surface area contributed by atoms with Gasteiger partial charge in [-0.25, -0.2) is 0 Å². The van der Waals surface area contributed by atoms with Crippen molar-refractivity contribution >= 4 is 33.2 Å². The molecular formula is C26H28BrNO4S. The molecule has 1 aromatic heterocycles. The van der Waals surface area contributed by atoms with Gasteiger partial charge in [-0.3, -0.25) is 9.69 Å². The quantitative estimate of drug-likeness (QED) is 0.348. The van der Waals surface area contributed by atoms with Crippen molar-refractivity contribution < 1.29 is 19.4 Å². The summed E-state index contributed by atoms with van der Waals surface area (Å²) < 4.78 is 13.1. The first-order valence-electron chi connectivity index (χ1n) is 11.2. The molecule has 7 heteroatoms. The number of thiophene rings is 1. The van der Waals surface area contributed by atoms with Crippen LogP contribution in [0, 0.1) is 5.92 Å². The van der Waals surface area contributed by atoms with Crippen molar-refractivity contribution in [2.45, 2.75) is 32.4 Å². The number of carboxylic acid groups (broad SMARTS) is 1. The Morgan fingerprint density at radius 3 is 2.67 bits per heavy atom. The zero-order chi connectivity index (χ0) is 23.2. The van der Waals surface area contributed by atoms with E-state index >= 15 is 0 Å². The van der Waals surface area contributed by atoms with Gasteiger partial charge in [0.2, 0.25) is 0 Å². The van der Waals surface area contributed by atoms with Crippen LogP contribution >= 0.6 is 27.3 Å². The third kappa shape index (κ3) is 5.96. The summed E-state index contributed by atoms with van der Waals surface area (Å²) in [5.74, 6) is 0.353. The minimum Gasteiger partial charge on any atom is -0.490 e. The van der Waals surface area contributed by atoms with Gasteiger partial charge >= 0.3 is 5.97 Å². The van der Waals surface area contributed by atoms with Crippen LogP contribution in [-0.2, 0) is 11.4 Å². The molecule has 3 aromatic rings. The maximum atomic E-state index is 11.7. The number of halogens is 1. The SMILES string of the molecule is CCOc1cc(C(c2ccc(Br)s2)N2CCCC(C(=O)O)C2)ccc1OCc1ccccc1. The predicted molar refractivity (Wildman–Crippen MR) is 134 cm³/mol. The zero-order valence-corrected chi connectivity index (χ0v) is 21.0. The monoisotopic (exact) mass is 529 g/mol. The molecule has 174 valence electrons. The van der Waals surface area contributed by atoms with Gasteiger partial charge in [0.25, 0.3) is 0 Å². The summed E-state index contributed by atoms with van der Waals surface area (Å²) >= 11 is 5.27. The molecule has 2 aromatic carbocycles. The van der Waals surface area contributed by atoms with E-state index in [-0.39, 0.29) is 12.0 Å². The maximum Gasteiger partial charge on any atom is 0.307 e. The smallest absolute Gasteiger partial charge is 0.307 e. The highest BCUT2D eigenvalue weighted by atomic mass is 79.9. The minimum atomic E-state index is -0.717. The van der Waals surface area contributed by atoms with Crippen LogP contribution in [0.25, 0.3) is 0 Å². The van der Waals surface area contributed by atoms with E-state index in [1.54, 1.807) is 11.3 Å². The molecule has 1 aliphatic heterocycles. The van der Waals surface area contributed by atoms with Crippen LogP contribution in [0.15, 0.2) is 64.5 Å². The number of hydrogen-bond donors (Lipinski definition) is 1. The summed E-state index contributed by atoms with van der Waals surface area (Å²) in [6, 6.07) is 20.3. The third-order valence-electron chi connectivity index (χ3n) is 5.85. The minimum absolute atomic E-state index is 0.0363. The van der Waals surface area contributed by atoms with Crippen LogP contribution in [-0.4, -0.2) is 35.7 Å². The number of hydrogen-bond acceptors (Lipinski definition) is 5. The molecule has 1 saturated heterocycles. The fraction of sp³-hybridized carbons (Fsp3) is 0.346. The lowest BCUT2D eigenvalue weighted by molar-refractivity contribution is -0.143. The van der Waals surface area contributed by atoms with Gasteiger partial charge in [-0.05, 0) is 77.6 Å². The summed E-state index contributed by atoms with van der Waals surface area (Å²) in [4.78, 5) is 15.2. The second kappa shape index (κ2) is 11.2. The fourth-order valence-electron chi connectivity index (χ4n) is 4.29. The van der Waals surface area contributed by atoms with Crippen LogP contribution < -0.4 is 9.47 Å². The van der Waals surface area contributed by atoms with Gasteiger partial charge in [-0.2, -0.15) is 0 Å². The fourth-order valence-corrected chi connectivity index (χ4v) is 5.88. The number of carboxylic acids is 1. The highest BCUT2D eigenvalue weighted by Crippen LogP contribution is 2.40. The molecular weight excluding hydrogens is 502 g/mol. The van der Waals surface area contributed by atoms with Gasteiger partial charge in [-0.1, -0.05) is 36.4 Å². The van der Waals surface area contributed by atoms with Gasteiger partial charge in [0.15, 0.2) is 11.5 Å². The van der Waals surface area contributed by atoms with E-state index in [0.29, 0.717) is 31.3 Å². The number of aliphatic carboxylic acids is 1. The third-order valence-corrected chi connectivity index (χ3v) is 7.53. The normalized spacial score (nSPS) is 17.5. The largest absolute Gasteiger partial charge is 0.490 e. The second-order valence-electron chi connectivity index (χ2n) is 8.13. The number of piperidine rings is 1. The van der Waals surface area contributed by atoms with Gasteiger partial charge in [0, 0.05) is 11.4 Å². The summed E-state index contributed by atoms with van der Waals surface area (Å²) in [5.41, 5.74) is 2.17. The molecule has 0 spiro atoms. The Labute approximate surface area is 207 Å². The lowest BCUT2D eigenvalue weighted by atomic mass is 9.94. The van der Waals surface area contributed by atoms with Crippen molar-refractivity contribution in [3.8, 4) is 11.5 Å². The average Bonchev–Trinajstić information content (AvgIpc) is 3.25. The molecule has 0 aliphatic carbocycles. The summed E-state index contributed by atoms with van der Waals surface area (Å²) in [6.07, 6.45) is 1.60. The summed E-state index contributed by atoms with van der Waals surface area (Å²) in [5, 5.41) is 9.62.